The largest absolute Gasteiger partial charge is 0.403 e. The third kappa shape index (κ3) is 5.35. The Hall–Kier alpha value is -3.87. The van der Waals surface area contributed by atoms with E-state index in [0.29, 0.717) is 25.1 Å². The molecule has 0 aliphatic carbocycles. The van der Waals surface area contributed by atoms with Crippen LogP contribution in [-0.4, -0.2) is 49.0 Å². The first kappa shape index (κ1) is 26.7. The van der Waals surface area contributed by atoms with E-state index in [1.165, 1.54) is 40.7 Å². The molecule has 0 unspecified atom stereocenters. The van der Waals surface area contributed by atoms with Gasteiger partial charge in [0.1, 0.15) is 0 Å². The van der Waals surface area contributed by atoms with Gasteiger partial charge in [-0.15, -0.1) is 5.10 Å². The molecule has 1 N–H and O–H groups in total. The van der Waals surface area contributed by atoms with Crippen molar-refractivity contribution in [1.82, 2.24) is 14.5 Å². The molecular formula is C27H26N4O6S2. The number of sulfone groups is 1. The predicted molar refractivity (Wildman–Crippen MR) is 144 cm³/mol. The van der Waals surface area contributed by atoms with Crippen LogP contribution in [0, 0.1) is 0 Å². The lowest BCUT2D eigenvalue weighted by molar-refractivity contribution is 0.102. The third-order valence-corrected chi connectivity index (χ3v) is 10.6. The Labute approximate surface area is 226 Å². The Morgan fingerprint density at radius 1 is 0.872 bits per heavy atom. The normalized spacial score (nSPS) is 14.2. The summed E-state index contributed by atoms with van der Waals surface area (Å²) in [5.41, 5.74) is 2.83. The van der Waals surface area contributed by atoms with Crippen LogP contribution in [0.2, 0.25) is 0 Å². The fourth-order valence-electron chi connectivity index (χ4n) is 4.22. The number of aromatic nitrogens is 2. The molecule has 2 heterocycles. The molecule has 0 bridgehead atoms. The second kappa shape index (κ2) is 10.4. The molecule has 10 nitrogen and oxygen atoms in total. The van der Waals surface area contributed by atoms with Crippen LogP contribution < -0.4 is 5.32 Å². The van der Waals surface area contributed by atoms with Gasteiger partial charge in [0.25, 0.3) is 5.91 Å². The van der Waals surface area contributed by atoms with Gasteiger partial charge in [-0.25, -0.2) is 16.8 Å². The summed E-state index contributed by atoms with van der Waals surface area (Å²) in [5, 5.41) is 9.68. The smallest absolute Gasteiger partial charge is 0.322 e. The molecule has 12 heteroatoms. The van der Waals surface area contributed by atoms with Crippen molar-refractivity contribution >= 4 is 31.8 Å². The number of hydrogen-bond donors (Lipinski definition) is 1. The second-order valence-corrected chi connectivity index (χ2v) is 13.8. The number of nitrogens with zero attached hydrogens (tertiary/aromatic N) is 3. The summed E-state index contributed by atoms with van der Waals surface area (Å²) in [6.45, 7) is 3.90. The van der Waals surface area contributed by atoms with E-state index in [4.69, 9.17) is 4.42 Å². The second-order valence-electron chi connectivity index (χ2n) is 9.37. The van der Waals surface area contributed by atoms with Crippen LogP contribution in [0.1, 0.15) is 35.3 Å². The molecule has 1 aliphatic heterocycles. The first-order chi connectivity index (χ1) is 18.6. The highest BCUT2D eigenvalue weighted by molar-refractivity contribution is 7.92. The summed E-state index contributed by atoms with van der Waals surface area (Å²) in [6, 6.07) is 19.3. The van der Waals surface area contributed by atoms with Gasteiger partial charge in [0.05, 0.1) is 15.0 Å². The van der Waals surface area contributed by atoms with Crippen molar-refractivity contribution in [2.45, 2.75) is 41.9 Å². The Morgan fingerprint density at radius 3 is 2.18 bits per heavy atom. The molecule has 0 atom stereocenters. The SMILES string of the molecule is CC(C)S(=O)(=O)c1ccc(-c2nnc(NC(=O)c3ccc(S(=O)(=O)N4CCc5ccccc5C4)cc3)o2)cc1. The van der Waals surface area contributed by atoms with Gasteiger partial charge in [0.2, 0.25) is 15.9 Å². The average Bonchev–Trinajstić information content (AvgIpc) is 3.41. The van der Waals surface area contributed by atoms with Crippen LogP contribution in [0.4, 0.5) is 6.01 Å². The van der Waals surface area contributed by atoms with Gasteiger partial charge in [0, 0.05) is 24.2 Å². The number of sulfonamides is 1. The van der Waals surface area contributed by atoms with Gasteiger partial charge >= 0.3 is 6.01 Å². The zero-order valence-corrected chi connectivity index (χ0v) is 22.9. The quantitative estimate of drug-likeness (QED) is 0.355. The highest BCUT2D eigenvalue weighted by Crippen LogP contribution is 2.26. The first-order valence-corrected chi connectivity index (χ1v) is 15.2. The number of hydrogen-bond acceptors (Lipinski definition) is 8. The molecule has 1 aromatic heterocycles. The van der Waals surface area contributed by atoms with Crippen molar-refractivity contribution in [2.75, 3.05) is 11.9 Å². The van der Waals surface area contributed by atoms with Crippen molar-refractivity contribution in [1.29, 1.82) is 0 Å². The van der Waals surface area contributed by atoms with E-state index >= 15 is 0 Å². The summed E-state index contributed by atoms with van der Waals surface area (Å²) in [6.07, 6.45) is 0.642. The van der Waals surface area contributed by atoms with Crippen molar-refractivity contribution in [3.63, 3.8) is 0 Å². The lowest BCUT2D eigenvalue weighted by atomic mass is 10.0. The van der Waals surface area contributed by atoms with Gasteiger partial charge in [-0.3, -0.25) is 10.1 Å². The van der Waals surface area contributed by atoms with Crippen LogP contribution in [0.5, 0.6) is 0 Å². The van der Waals surface area contributed by atoms with Crippen LogP contribution in [0.25, 0.3) is 11.5 Å². The van der Waals surface area contributed by atoms with Crippen molar-refractivity contribution in [3.8, 4) is 11.5 Å². The highest BCUT2D eigenvalue weighted by atomic mass is 32.2. The highest BCUT2D eigenvalue weighted by Gasteiger charge is 2.28. The number of fused-ring (bicyclic) bond motifs is 1. The number of benzene rings is 3. The van der Waals surface area contributed by atoms with E-state index in [-0.39, 0.29) is 27.3 Å². The Bertz CT molecular complexity index is 1730. The monoisotopic (exact) mass is 566 g/mol. The minimum absolute atomic E-state index is 0.0986. The first-order valence-electron chi connectivity index (χ1n) is 12.2. The summed E-state index contributed by atoms with van der Waals surface area (Å²) in [5.74, 6) is -0.456. The fourth-order valence-corrected chi connectivity index (χ4v) is 6.70. The summed E-state index contributed by atoms with van der Waals surface area (Å²) in [4.78, 5) is 13.0. The molecule has 4 aromatic rings. The van der Waals surface area contributed by atoms with E-state index in [0.717, 1.165) is 11.1 Å². The molecule has 1 aliphatic rings. The van der Waals surface area contributed by atoms with Crippen molar-refractivity contribution in [2.24, 2.45) is 0 Å². The van der Waals surface area contributed by atoms with Gasteiger partial charge in [-0.1, -0.05) is 29.4 Å². The lowest BCUT2D eigenvalue weighted by Gasteiger charge is -2.28. The number of carbonyl (C=O) groups is 1. The average molecular weight is 567 g/mol. The van der Waals surface area contributed by atoms with Crippen LogP contribution >= 0.6 is 0 Å². The molecular weight excluding hydrogens is 540 g/mol. The fraction of sp³-hybridized carbons (Fsp3) is 0.222. The number of anilines is 1. The lowest BCUT2D eigenvalue weighted by Crippen LogP contribution is -2.35. The van der Waals surface area contributed by atoms with E-state index in [9.17, 15) is 21.6 Å². The van der Waals surface area contributed by atoms with E-state index < -0.39 is 31.0 Å². The molecule has 0 radical (unpaired) electrons. The molecule has 1 amide bonds. The van der Waals surface area contributed by atoms with E-state index in [2.05, 4.69) is 15.5 Å². The van der Waals surface area contributed by atoms with Crippen LogP contribution in [0.15, 0.2) is 87.0 Å². The van der Waals surface area contributed by atoms with Gasteiger partial charge in [0.15, 0.2) is 9.84 Å². The maximum Gasteiger partial charge on any atom is 0.322 e. The molecule has 39 heavy (non-hydrogen) atoms. The van der Waals surface area contributed by atoms with Crippen LogP contribution in [-0.2, 0) is 32.8 Å². The zero-order valence-electron chi connectivity index (χ0n) is 21.2. The summed E-state index contributed by atoms with van der Waals surface area (Å²) >= 11 is 0. The minimum Gasteiger partial charge on any atom is -0.403 e. The Morgan fingerprint density at radius 2 is 1.51 bits per heavy atom. The summed E-state index contributed by atoms with van der Waals surface area (Å²) in [7, 11) is -7.14. The zero-order chi connectivity index (χ0) is 27.8. The molecule has 202 valence electrons. The number of amides is 1. The third-order valence-electron chi connectivity index (χ3n) is 6.55. The van der Waals surface area contributed by atoms with Gasteiger partial charge in [-0.2, -0.15) is 4.31 Å². The molecule has 5 rings (SSSR count). The molecule has 0 fully saturated rings. The maximum atomic E-state index is 13.2. The topological polar surface area (TPSA) is 140 Å². The molecule has 0 spiro atoms. The van der Waals surface area contributed by atoms with Gasteiger partial charge in [-0.05, 0) is 79.9 Å². The molecule has 0 saturated carbocycles. The Balaban J connectivity index is 1.25. The number of nitrogens with one attached hydrogen (secondary N) is 1. The number of rotatable bonds is 7. The Kier molecular flexibility index (Phi) is 7.10. The minimum atomic E-state index is -3.73. The summed E-state index contributed by atoms with van der Waals surface area (Å²) < 4.78 is 57.9. The molecule has 0 saturated heterocycles. The molecule has 3 aromatic carbocycles. The van der Waals surface area contributed by atoms with E-state index in [1.54, 1.807) is 26.0 Å². The van der Waals surface area contributed by atoms with Crippen LogP contribution in [0.3, 0.4) is 0 Å². The van der Waals surface area contributed by atoms with Gasteiger partial charge < -0.3 is 4.42 Å². The van der Waals surface area contributed by atoms with Crippen molar-refractivity contribution in [3.05, 3.63) is 89.5 Å². The predicted octanol–water partition coefficient (Wildman–Crippen LogP) is 3.92. The van der Waals surface area contributed by atoms with Crippen molar-refractivity contribution < 1.29 is 26.0 Å². The number of carbonyl (C=O) groups excluding carboxylic acids is 1. The maximum absolute atomic E-state index is 13.2. The van der Waals surface area contributed by atoms with E-state index in [1.807, 2.05) is 24.3 Å². The standard InChI is InChI=1S/C27H26N4O6S2/c1-18(2)38(33,34)23-11-9-21(10-12-23)26-29-30-27(37-26)28-25(32)20-7-13-24(14-8-20)39(35,36)31-16-15-19-5-3-4-6-22(19)17-31/h3-14,18H,15-17H2,1-2H3,(H,28,30,32).